The highest BCUT2D eigenvalue weighted by Crippen LogP contribution is 2.28. The molecule has 1 atom stereocenters. The van der Waals surface area contributed by atoms with Crippen molar-refractivity contribution in [2.24, 2.45) is 0 Å². The zero-order valence-corrected chi connectivity index (χ0v) is 17.1. The Morgan fingerprint density at radius 2 is 2.00 bits per heavy atom. The van der Waals surface area contributed by atoms with Gasteiger partial charge in [0.2, 0.25) is 0 Å². The average Bonchev–Trinajstić information content (AvgIpc) is 3.26. The zero-order chi connectivity index (χ0) is 22.0. The maximum Gasteiger partial charge on any atom is 0.278 e. The second kappa shape index (κ2) is 8.75. The molecule has 0 bridgehead atoms. The van der Waals surface area contributed by atoms with E-state index in [4.69, 9.17) is 9.26 Å². The third-order valence-corrected chi connectivity index (χ3v) is 5.16. The SMILES string of the molecule is Cc1cnc(-c2nc(C3CCN(C(=O)[C@@H](C)Oc4ccc(F)cc4F)CC3)no2)cn1. The molecule has 4 rings (SSSR count). The Morgan fingerprint density at radius 1 is 1.23 bits per heavy atom. The monoisotopic (exact) mass is 429 g/mol. The summed E-state index contributed by atoms with van der Waals surface area (Å²) in [5.41, 5.74) is 1.30. The van der Waals surface area contributed by atoms with Crippen molar-refractivity contribution in [2.75, 3.05) is 13.1 Å². The molecule has 1 amide bonds. The second-order valence-electron chi connectivity index (χ2n) is 7.44. The van der Waals surface area contributed by atoms with Crippen molar-refractivity contribution in [3.8, 4) is 17.3 Å². The first kappa shape index (κ1) is 20.8. The molecule has 1 aliphatic rings. The number of aromatic nitrogens is 4. The number of piperidine rings is 1. The lowest BCUT2D eigenvalue weighted by Crippen LogP contribution is -2.44. The molecule has 0 N–H and O–H groups in total. The Hall–Kier alpha value is -3.43. The van der Waals surface area contributed by atoms with Crippen LogP contribution in [0.15, 0.2) is 35.1 Å². The van der Waals surface area contributed by atoms with E-state index in [0.717, 1.165) is 17.8 Å². The quantitative estimate of drug-likeness (QED) is 0.614. The van der Waals surface area contributed by atoms with Gasteiger partial charge in [-0.1, -0.05) is 5.16 Å². The van der Waals surface area contributed by atoms with Crippen LogP contribution in [0.5, 0.6) is 5.75 Å². The van der Waals surface area contributed by atoms with E-state index >= 15 is 0 Å². The topological polar surface area (TPSA) is 94.2 Å². The molecule has 1 fully saturated rings. The smallest absolute Gasteiger partial charge is 0.278 e. The normalized spacial score (nSPS) is 15.7. The number of hydrogen-bond donors (Lipinski definition) is 0. The van der Waals surface area contributed by atoms with Crippen LogP contribution in [0, 0.1) is 18.6 Å². The molecule has 2 aromatic heterocycles. The Balaban J connectivity index is 1.34. The van der Waals surface area contributed by atoms with E-state index in [1.54, 1.807) is 24.2 Å². The van der Waals surface area contributed by atoms with Crippen LogP contribution in [0.2, 0.25) is 0 Å². The second-order valence-corrected chi connectivity index (χ2v) is 7.44. The van der Waals surface area contributed by atoms with E-state index < -0.39 is 17.7 Å². The fraction of sp³-hybridized carbons (Fsp3) is 0.381. The highest BCUT2D eigenvalue weighted by Gasteiger charge is 2.30. The lowest BCUT2D eigenvalue weighted by atomic mass is 9.96. The van der Waals surface area contributed by atoms with Crippen LogP contribution in [0.4, 0.5) is 8.78 Å². The Kier molecular flexibility index (Phi) is 5.88. The summed E-state index contributed by atoms with van der Waals surface area (Å²) in [5, 5.41) is 4.06. The van der Waals surface area contributed by atoms with Crippen molar-refractivity contribution in [1.82, 2.24) is 25.0 Å². The fourth-order valence-electron chi connectivity index (χ4n) is 3.43. The van der Waals surface area contributed by atoms with Crippen LogP contribution in [0.25, 0.3) is 11.6 Å². The highest BCUT2D eigenvalue weighted by molar-refractivity contribution is 5.81. The molecule has 3 heterocycles. The van der Waals surface area contributed by atoms with Gasteiger partial charge < -0.3 is 14.2 Å². The number of hydrogen-bond acceptors (Lipinski definition) is 7. The molecular formula is C21H21F2N5O3. The van der Waals surface area contributed by atoms with E-state index in [-0.39, 0.29) is 17.6 Å². The summed E-state index contributed by atoms with van der Waals surface area (Å²) in [6.45, 7) is 4.35. The number of benzene rings is 1. The first-order valence-corrected chi connectivity index (χ1v) is 9.94. The van der Waals surface area contributed by atoms with Crippen LogP contribution in [0.1, 0.15) is 37.2 Å². The summed E-state index contributed by atoms with van der Waals surface area (Å²) < 4.78 is 37.5. The van der Waals surface area contributed by atoms with Gasteiger partial charge in [0.05, 0.1) is 11.9 Å². The molecule has 1 aliphatic heterocycles. The Labute approximate surface area is 177 Å². The number of carbonyl (C=O) groups excluding carboxylic acids is 1. The Bertz CT molecular complexity index is 1070. The number of rotatable bonds is 5. The highest BCUT2D eigenvalue weighted by atomic mass is 19.1. The number of nitrogens with zero attached hydrogens (tertiary/aromatic N) is 5. The summed E-state index contributed by atoms with van der Waals surface area (Å²) in [6, 6.07) is 2.98. The van der Waals surface area contributed by atoms with Crippen molar-refractivity contribution < 1.29 is 22.8 Å². The summed E-state index contributed by atoms with van der Waals surface area (Å²) in [4.78, 5) is 27.2. The van der Waals surface area contributed by atoms with E-state index in [9.17, 15) is 13.6 Å². The maximum atomic E-state index is 13.8. The first-order valence-electron chi connectivity index (χ1n) is 9.94. The van der Waals surface area contributed by atoms with Crippen LogP contribution in [0.3, 0.4) is 0 Å². The van der Waals surface area contributed by atoms with Gasteiger partial charge >= 0.3 is 0 Å². The van der Waals surface area contributed by atoms with Crippen molar-refractivity contribution in [3.05, 3.63) is 53.7 Å². The third kappa shape index (κ3) is 4.68. The average molecular weight is 429 g/mol. The van der Waals surface area contributed by atoms with Gasteiger partial charge in [0.1, 0.15) is 11.5 Å². The largest absolute Gasteiger partial charge is 0.478 e. The van der Waals surface area contributed by atoms with E-state index in [0.29, 0.717) is 43.3 Å². The fourth-order valence-corrected chi connectivity index (χ4v) is 3.43. The van der Waals surface area contributed by atoms with Gasteiger partial charge in [-0.15, -0.1) is 0 Å². The molecule has 0 saturated carbocycles. The molecule has 31 heavy (non-hydrogen) atoms. The standard InChI is InChI=1S/C21H21F2N5O3/c1-12-10-25-17(11-24-12)20-26-19(27-31-20)14-5-7-28(8-6-14)21(29)13(2)30-18-4-3-15(22)9-16(18)23/h3-4,9-11,13-14H,5-8H2,1-2H3/t13-/m1/s1. The van der Waals surface area contributed by atoms with Crippen LogP contribution in [-0.2, 0) is 4.79 Å². The minimum atomic E-state index is -0.895. The molecule has 3 aromatic rings. The van der Waals surface area contributed by atoms with Gasteiger partial charge in [-0.3, -0.25) is 9.78 Å². The molecule has 162 valence electrons. The van der Waals surface area contributed by atoms with Crippen molar-refractivity contribution >= 4 is 5.91 Å². The molecule has 8 nitrogen and oxygen atoms in total. The van der Waals surface area contributed by atoms with Crippen LogP contribution >= 0.6 is 0 Å². The van der Waals surface area contributed by atoms with E-state index in [2.05, 4.69) is 20.1 Å². The van der Waals surface area contributed by atoms with Gasteiger partial charge in [0.25, 0.3) is 11.8 Å². The number of aryl methyl sites for hydroxylation is 1. The summed E-state index contributed by atoms with van der Waals surface area (Å²) in [5.74, 6) is -1.03. The summed E-state index contributed by atoms with van der Waals surface area (Å²) in [7, 11) is 0. The number of halogens is 2. The molecule has 0 radical (unpaired) electrons. The van der Waals surface area contributed by atoms with Crippen LogP contribution in [-0.4, -0.2) is 50.1 Å². The van der Waals surface area contributed by atoms with Crippen LogP contribution < -0.4 is 4.74 Å². The van der Waals surface area contributed by atoms with E-state index in [1.165, 1.54) is 6.07 Å². The number of amides is 1. The predicted octanol–water partition coefficient (Wildman–Crippen LogP) is 3.29. The third-order valence-electron chi connectivity index (χ3n) is 5.16. The minimum Gasteiger partial charge on any atom is -0.478 e. The molecular weight excluding hydrogens is 408 g/mol. The summed E-state index contributed by atoms with van der Waals surface area (Å²) >= 11 is 0. The van der Waals surface area contributed by atoms with Crippen molar-refractivity contribution in [2.45, 2.75) is 38.7 Å². The molecule has 0 unspecified atom stereocenters. The van der Waals surface area contributed by atoms with Gasteiger partial charge in [0.15, 0.2) is 23.5 Å². The Morgan fingerprint density at radius 3 is 2.68 bits per heavy atom. The van der Waals surface area contributed by atoms with E-state index in [1.807, 2.05) is 6.92 Å². The van der Waals surface area contributed by atoms with Gasteiger partial charge in [-0.05, 0) is 38.8 Å². The summed E-state index contributed by atoms with van der Waals surface area (Å²) in [6.07, 6.45) is 3.63. The van der Waals surface area contributed by atoms with Gasteiger partial charge in [0, 0.05) is 31.3 Å². The number of ether oxygens (including phenoxy) is 1. The predicted molar refractivity (Wildman–Crippen MR) is 105 cm³/mol. The van der Waals surface area contributed by atoms with Crippen molar-refractivity contribution in [1.29, 1.82) is 0 Å². The lowest BCUT2D eigenvalue weighted by molar-refractivity contribution is -0.139. The van der Waals surface area contributed by atoms with Gasteiger partial charge in [-0.2, -0.15) is 4.98 Å². The number of likely N-dealkylation sites (tertiary alicyclic amines) is 1. The number of carbonyl (C=O) groups is 1. The zero-order valence-electron chi connectivity index (χ0n) is 17.1. The van der Waals surface area contributed by atoms with Gasteiger partial charge in [-0.25, -0.2) is 13.8 Å². The minimum absolute atomic E-state index is 0.0470. The molecule has 1 aromatic carbocycles. The lowest BCUT2D eigenvalue weighted by Gasteiger charge is -2.32. The molecule has 10 heteroatoms. The van der Waals surface area contributed by atoms with Crippen molar-refractivity contribution in [3.63, 3.8) is 0 Å². The molecule has 1 saturated heterocycles. The molecule has 0 aliphatic carbocycles. The first-order chi connectivity index (χ1) is 14.9. The maximum absolute atomic E-state index is 13.8. The molecule has 0 spiro atoms.